The van der Waals surface area contributed by atoms with Crippen LogP contribution in [0.15, 0.2) is 12.5 Å². The fraction of sp³-hybridized carbons (Fsp3) is 0.300. The van der Waals surface area contributed by atoms with Gasteiger partial charge in [0.25, 0.3) is 5.91 Å². The molecule has 0 aromatic carbocycles. The Morgan fingerprint density at radius 3 is 3.24 bits per heavy atom. The molecule has 0 spiro atoms. The second kappa shape index (κ2) is 4.27. The number of thiazole rings is 1. The van der Waals surface area contributed by atoms with Crippen LogP contribution in [0, 0.1) is 0 Å². The highest BCUT2D eigenvalue weighted by Gasteiger charge is 2.16. The maximum absolute atomic E-state index is 11.8. The van der Waals surface area contributed by atoms with E-state index in [2.05, 4.69) is 25.6 Å². The number of carbonyl (C=O) groups excluding carboxylic acids is 1. The summed E-state index contributed by atoms with van der Waals surface area (Å²) in [5, 5.41) is 6.70. The number of H-pyrrole nitrogens is 1. The van der Waals surface area contributed by atoms with Gasteiger partial charge in [0, 0.05) is 24.4 Å². The summed E-state index contributed by atoms with van der Waals surface area (Å²) in [7, 11) is 0. The van der Waals surface area contributed by atoms with Gasteiger partial charge >= 0.3 is 0 Å². The van der Waals surface area contributed by atoms with E-state index in [4.69, 9.17) is 0 Å². The molecule has 2 aromatic heterocycles. The molecular weight excluding hydrogens is 238 g/mol. The van der Waals surface area contributed by atoms with Crippen molar-refractivity contribution in [3.05, 3.63) is 28.8 Å². The largest absolute Gasteiger partial charge is 0.341 e. The fourth-order valence-electron chi connectivity index (χ4n) is 1.72. The Labute approximate surface area is 101 Å². The summed E-state index contributed by atoms with van der Waals surface area (Å²) in [4.78, 5) is 23.9. The van der Waals surface area contributed by atoms with Crippen LogP contribution in [-0.2, 0) is 13.0 Å². The maximum atomic E-state index is 11.8. The molecule has 1 aliphatic heterocycles. The molecular formula is C10H11N5OS. The first-order valence-electron chi connectivity index (χ1n) is 5.32. The van der Waals surface area contributed by atoms with Crippen molar-refractivity contribution < 1.29 is 4.79 Å². The third kappa shape index (κ3) is 2.06. The van der Waals surface area contributed by atoms with Gasteiger partial charge in [-0.1, -0.05) is 0 Å². The van der Waals surface area contributed by atoms with Crippen molar-refractivity contribution in [3.8, 4) is 0 Å². The summed E-state index contributed by atoms with van der Waals surface area (Å²) in [5.74, 6) is -0.207. The minimum atomic E-state index is -0.207. The number of carbonyl (C=O) groups is 1. The molecule has 0 aliphatic carbocycles. The highest BCUT2D eigenvalue weighted by Crippen LogP contribution is 2.25. The minimum Gasteiger partial charge on any atom is -0.341 e. The van der Waals surface area contributed by atoms with Crippen LogP contribution < -0.4 is 10.6 Å². The van der Waals surface area contributed by atoms with E-state index in [1.54, 1.807) is 0 Å². The number of aromatic nitrogens is 3. The Bertz CT molecular complexity index is 509. The van der Waals surface area contributed by atoms with E-state index in [9.17, 15) is 4.79 Å². The summed E-state index contributed by atoms with van der Waals surface area (Å²) in [5.41, 5.74) is 1.53. The molecule has 17 heavy (non-hydrogen) atoms. The van der Waals surface area contributed by atoms with Crippen molar-refractivity contribution in [2.24, 2.45) is 0 Å². The lowest BCUT2D eigenvalue weighted by Crippen LogP contribution is -2.22. The van der Waals surface area contributed by atoms with Crippen LogP contribution in [0.4, 0.5) is 5.13 Å². The lowest BCUT2D eigenvalue weighted by molar-refractivity contribution is 0.102. The lowest BCUT2D eigenvalue weighted by atomic mass is 10.2. The first-order valence-corrected chi connectivity index (χ1v) is 6.13. The number of amides is 1. The number of nitrogens with one attached hydrogen (secondary N) is 3. The number of hydrogen-bond acceptors (Lipinski definition) is 5. The van der Waals surface area contributed by atoms with E-state index < -0.39 is 0 Å². The average molecular weight is 249 g/mol. The number of hydrogen-bond donors (Lipinski definition) is 3. The quantitative estimate of drug-likeness (QED) is 0.734. The second-order valence-corrected chi connectivity index (χ2v) is 4.82. The van der Waals surface area contributed by atoms with Crippen molar-refractivity contribution >= 4 is 22.4 Å². The molecule has 3 N–H and O–H groups in total. The van der Waals surface area contributed by atoms with Gasteiger partial charge in [-0.2, -0.15) is 0 Å². The van der Waals surface area contributed by atoms with E-state index in [0.717, 1.165) is 25.2 Å². The van der Waals surface area contributed by atoms with Crippen molar-refractivity contribution in [3.63, 3.8) is 0 Å². The molecule has 3 rings (SSSR count). The van der Waals surface area contributed by atoms with Gasteiger partial charge in [-0.15, -0.1) is 11.3 Å². The van der Waals surface area contributed by atoms with Crippen molar-refractivity contribution in [2.45, 2.75) is 13.0 Å². The Morgan fingerprint density at radius 2 is 2.47 bits per heavy atom. The number of aromatic amines is 1. The van der Waals surface area contributed by atoms with Crippen LogP contribution >= 0.6 is 11.3 Å². The summed E-state index contributed by atoms with van der Waals surface area (Å²) >= 11 is 1.52. The van der Waals surface area contributed by atoms with Crippen LogP contribution in [-0.4, -0.2) is 27.4 Å². The van der Waals surface area contributed by atoms with Gasteiger partial charge in [0.2, 0.25) is 0 Å². The molecule has 0 saturated heterocycles. The molecule has 88 valence electrons. The number of rotatable bonds is 2. The molecule has 0 bridgehead atoms. The second-order valence-electron chi connectivity index (χ2n) is 3.74. The lowest BCUT2D eigenvalue weighted by Gasteiger charge is -2.09. The smallest absolute Gasteiger partial charge is 0.275 e. The Balaban J connectivity index is 1.77. The molecule has 6 nitrogen and oxygen atoms in total. The zero-order valence-corrected chi connectivity index (χ0v) is 9.80. The zero-order valence-electron chi connectivity index (χ0n) is 8.99. The number of anilines is 1. The minimum absolute atomic E-state index is 0.207. The van der Waals surface area contributed by atoms with Gasteiger partial charge in [0.15, 0.2) is 5.13 Å². The molecule has 0 atom stereocenters. The first kappa shape index (κ1) is 10.4. The predicted octanol–water partition coefficient (Wildman–Crippen LogP) is 0.764. The first-order chi connectivity index (χ1) is 8.33. The standard InChI is InChI=1S/C10H11N5OS/c16-9(7-3-12-5-13-7)15-10-14-6-1-2-11-4-8(6)17-10/h3,5,11H,1-2,4H2,(H,12,13)(H,14,15,16). The molecule has 7 heteroatoms. The van der Waals surface area contributed by atoms with Gasteiger partial charge in [-0.25, -0.2) is 9.97 Å². The molecule has 0 saturated carbocycles. The van der Waals surface area contributed by atoms with Crippen LogP contribution in [0.25, 0.3) is 0 Å². The third-order valence-electron chi connectivity index (χ3n) is 2.57. The number of fused-ring (bicyclic) bond motifs is 1. The van der Waals surface area contributed by atoms with Crippen molar-refractivity contribution in [1.82, 2.24) is 20.3 Å². The van der Waals surface area contributed by atoms with E-state index in [0.29, 0.717) is 10.8 Å². The summed E-state index contributed by atoms with van der Waals surface area (Å²) in [6.07, 6.45) is 3.89. The molecule has 0 fully saturated rings. The maximum Gasteiger partial charge on any atom is 0.275 e. The third-order valence-corrected chi connectivity index (χ3v) is 3.58. The van der Waals surface area contributed by atoms with Gasteiger partial charge in [0.1, 0.15) is 5.69 Å². The van der Waals surface area contributed by atoms with Crippen molar-refractivity contribution in [1.29, 1.82) is 0 Å². The van der Waals surface area contributed by atoms with Crippen LogP contribution in [0.2, 0.25) is 0 Å². The summed E-state index contributed by atoms with van der Waals surface area (Å²) in [6.45, 7) is 1.79. The number of nitrogens with zero attached hydrogens (tertiary/aromatic N) is 2. The number of imidazole rings is 1. The molecule has 1 aliphatic rings. The fourth-order valence-corrected chi connectivity index (χ4v) is 2.70. The van der Waals surface area contributed by atoms with Crippen molar-refractivity contribution in [2.75, 3.05) is 11.9 Å². The van der Waals surface area contributed by atoms with E-state index >= 15 is 0 Å². The van der Waals surface area contributed by atoms with Gasteiger partial charge in [-0.3, -0.25) is 10.1 Å². The van der Waals surface area contributed by atoms with Gasteiger partial charge in [-0.05, 0) is 0 Å². The summed E-state index contributed by atoms with van der Waals surface area (Å²) < 4.78 is 0. The topological polar surface area (TPSA) is 82.7 Å². The van der Waals surface area contributed by atoms with Gasteiger partial charge in [0.05, 0.1) is 18.2 Å². The normalized spacial score (nSPS) is 14.4. The monoisotopic (exact) mass is 249 g/mol. The highest BCUT2D eigenvalue weighted by atomic mass is 32.1. The molecule has 2 aromatic rings. The SMILES string of the molecule is O=C(Nc1nc2c(s1)CNCC2)c1cnc[nH]1. The predicted molar refractivity (Wildman–Crippen MR) is 64.1 cm³/mol. The summed E-state index contributed by atoms with van der Waals surface area (Å²) in [6, 6.07) is 0. The van der Waals surface area contributed by atoms with E-state index in [1.165, 1.54) is 28.7 Å². The zero-order chi connectivity index (χ0) is 11.7. The Kier molecular flexibility index (Phi) is 2.62. The van der Waals surface area contributed by atoms with E-state index in [-0.39, 0.29) is 5.91 Å². The Hall–Kier alpha value is -1.73. The van der Waals surface area contributed by atoms with Crippen LogP contribution in [0.5, 0.6) is 0 Å². The van der Waals surface area contributed by atoms with Crippen LogP contribution in [0.1, 0.15) is 21.1 Å². The Morgan fingerprint density at radius 1 is 1.53 bits per heavy atom. The van der Waals surface area contributed by atoms with E-state index in [1.807, 2.05) is 0 Å². The molecule has 3 heterocycles. The van der Waals surface area contributed by atoms with Gasteiger partial charge < -0.3 is 10.3 Å². The molecule has 0 radical (unpaired) electrons. The molecule has 1 amide bonds. The average Bonchev–Trinajstić information content (AvgIpc) is 2.97. The molecule has 0 unspecified atom stereocenters. The highest BCUT2D eigenvalue weighted by molar-refractivity contribution is 7.15. The van der Waals surface area contributed by atoms with Crippen LogP contribution in [0.3, 0.4) is 0 Å².